The van der Waals surface area contributed by atoms with Crippen LogP contribution in [0.1, 0.15) is 32.1 Å². The number of hydrogen-bond acceptors (Lipinski definition) is 4. The summed E-state index contributed by atoms with van der Waals surface area (Å²) in [5.74, 6) is 0. The van der Waals surface area contributed by atoms with E-state index in [1.165, 1.54) is 19.3 Å². The molecule has 0 aromatic rings. The molecule has 0 spiro atoms. The van der Waals surface area contributed by atoms with Gasteiger partial charge in [-0.3, -0.25) is 0 Å². The topological polar surface area (TPSA) is 61.7 Å². The summed E-state index contributed by atoms with van der Waals surface area (Å²) in [7, 11) is -1.70. The Kier molecular flexibility index (Phi) is 3.86. The molecule has 0 unspecified atom stereocenters. The molecule has 0 aromatic heterocycles. The lowest BCUT2D eigenvalue weighted by molar-refractivity contribution is 0.0713. The van der Waals surface area contributed by atoms with Gasteiger partial charge in [-0.05, 0) is 12.8 Å². The third-order valence-corrected chi connectivity index (χ3v) is 1.95. The highest BCUT2D eigenvalue weighted by molar-refractivity contribution is 6.32. The van der Waals surface area contributed by atoms with Crippen molar-refractivity contribution >= 4 is 7.32 Å². The first-order chi connectivity index (χ1) is 5.29. The maximum atomic E-state index is 8.35. The Morgan fingerprint density at radius 2 is 1.82 bits per heavy atom. The van der Waals surface area contributed by atoms with Crippen LogP contribution in [0.25, 0.3) is 0 Å². The average molecular weight is 159 g/mol. The van der Waals surface area contributed by atoms with Crippen molar-refractivity contribution in [3.63, 3.8) is 0 Å². The molecule has 11 heavy (non-hydrogen) atoms. The summed E-state index contributed by atoms with van der Waals surface area (Å²) >= 11 is 0. The third-order valence-electron chi connectivity index (χ3n) is 1.95. The minimum absolute atomic E-state index is 0.297. The molecule has 1 saturated carbocycles. The van der Waals surface area contributed by atoms with Crippen molar-refractivity contribution in [2.45, 2.75) is 38.1 Å². The first-order valence-corrected chi connectivity index (χ1v) is 4.06. The van der Waals surface area contributed by atoms with Crippen LogP contribution in [0.15, 0.2) is 0 Å². The predicted octanol–water partition coefficient (Wildman–Crippen LogP) is -0.190. The average Bonchev–Trinajstić information content (AvgIpc) is 2.03. The summed E-state index contributed by atoms with van der Waals surface area (Å²) in [6.45, 7) is 0. The molecule has 0 aromatic carbocycles. The molecule has 1 fully saturated rings. The molecule has 0 amide bonds. The lowest BCUT2D eigenvalue weighted by Crippen LogP contribution is -2.36. The van der Waals surface area contributed by atoms with Crippen molar-refractivity contribution in [3.8, 4) is 0 Å². The molecule has 4 nitrogen and oxygen atoms in total. The number of nitrogens with one attached hydrogen (secondary N) is 1. The molecule has 5 heteroatoms. The van der Waals surface area contributed by atoms with Gasteiger partial charge < -0.3 is 14.8 Å². The van der Waals surface area contributed by atoms with Gasteiger partial charge in [0.15, 0.2) is 0 Å². The fraction of sp³-hybridized carbons (Fsp3) is 1.00. The number of hydroxylamine groups is 1. The standard InChI is InChI=1S/C6H14BNO3/c9-7(10)11-8-6-4-2-1-3-5-6/h6,8-10H,1-5H2. The van der Waals surface area contributed by atoms with Crippen LogP contribution in [0, 0.1) is 0 Å². The fourth-order valence-electron chi connectivity index (χ4n) is 1.38. The number of rotatable bonds is 3. The summed E-state index contributed by atoms with van der Waals surface area (Å²) in [5.41, 5.74) is 2.62. The zero-order valence-electron chi connectivity index (χ0n) is 6.49. The predicted molar refractivity (Wildman–Crippen MR) is 41.3 cm³/mol. The van der Waals surface area contributed by atoms with Gasteiger partial charge in [0.25, 0.3) is 0 Å². The van der Waals surface area contributed by atoms with Gasteiger partial charge in [0, 0.05) is 6.04 Å². The van der Waals surface area contributed by atoms with Crippen molar-refractivity contribution in [1.82, 2.24) is 5.48 Å². The molecule has 0 bridgehead atoms. The van der Waals surface area contributed by atoms with Gasteiger partial charge >= 0.3 is 7.32 Å². The molecule has 0 radical (unpaired) electrons. The van der Waals surface area contributed by atoms with Crippen LogP contribution in [-0.4, -0.2) is 23.4 Å². The van der Waals surface area contributed by atoms with E-state index in [1.807, 2.05) is 0 Å². The Morgan fingerprint density at radius 3 is 2.36 bits per heavy atom. The molecule has 1 aliphatic rings. The van der Waals surface area contributed by atoms with E-state index < -0.39 is 7.32 Å². The minimum Gasteiger partial charge on any atom is -0.401 e. The molecule has 1 rings (SSSR count). The third kappa shape index (κ3) is 3.72. The summed E-state index contributed by atoms with van der Waals surface area (Å²) < 4.78 is 4.44. The molecule has 3 N–H and O–H groups in total. The van der Waals surface area contributed by atoms with Crippen LogP contribution >= 0.6 is 0 Å². The second-order valence-electron chi connectivity index (χ2n) is 2.90. The first kappa shape index (κ1) is 9.00. The molecular weight excluding hydrogens is 145 g/mol. The van der Waals surface area contributed by atoms with Crippen molar-refractivity contribution in [2.24, 2.45) is 0 Å². The highest BCUT2D eigenvalue weighted by Crippen LogP contribution is 2.17. The van der Waals surface area contributed by atoms with Crippen molar-refractivity contribution < 1.29 is 14.8 Å². The molecular formula is C6H14BNO3. The largest absolute Gasteiger partial charge is 0.651 e. The molecule has 0 heterocycles. The van der Waals surface area contributed by atoms with Gasteiger partial charge in [-0.25, -0.2) is 5.48 Å². The molecule has 1 aliphatic carbocycles. The van der Waals surface area contributed by atoms with Crippen molar-refractivity contribution in [1.29, 1.82) is 0 Å². The Balaban J connectivity index is 2.05. The molecule has 64 valence electrons. The van der Waals surface area contributed by atoms with E-state index >= 15 is 0 Å². The van der Waals surface area contributed by atoms with Gasteiger partial charge in [0.2, 0.25) is 0 Å². The van der Waals surface area contributed by atoms with Crippen LogP contribution in [0.5, 0.6) is 0 Å². The van der Waals surface area contributed by atoms with E-state index in [2.05, 4.69) is 10.2 Å². The van der Waals surface area contributed by atoms with Gasteiger partial charge in [0.05, 0.1) is 0 Å². The van der Waals surface area contributed by atoms with E-state index in [0.29, 0.717) is 6.04 Å². The van der Waals surface area contributed by atoms with E-state index in [-0.39, 0.29) is 0 Å². The van der Waals surface area contributed by atoms with Crippen molar-refractivity contribution in [2.75, 3.05) is 0 Å². The highest BCUT2D eigenvalue weighted by atomic mass is 16.7. The van der Waals surface area contributed by atoms with Gasteiger partial charge in [-0.15, -0.1) is 0 Å². The summed E-state index contributed by atoms with van der Waals surface area (Å²) in [5, 5.41) is 16.7. The molecule has 0 saturated heterocycles. The van der Waals surface area contributed by atoms with Crippen LogP contribution in [0.2, 0.25) is 0 Å². The van der Waals surface area contributed by atoms with E-state index in [4.69, 9.17) is 10.0 Å². The van der Waals surface area contributed by atoms with E-state index in [9.17, 15) is 0 Å². The zero-order chi connectivity index (χ0) is 8.10. The lowest BCUT2D eigenvalue weighted by Gasteiger charge is -2.21. The SMILES string of the molecule is OB(O)ONC1CCCCC1. The smallest absolute Gasteiger partial charge is 0.401 e. The Labute approximate surface area is 66.7 Å². The second-order valence-corrected chi connectivity index (χ2v) is 2.90. The normalized spacial score (nSPS) is 20.2. The van der Waals surface area contributed by atoms with Gasteiger partial charge in [-0.1, -0.05) is 19.3 Å². The lowest BCUT2D eigenvalue weighted by atomic mass is 9.96. The highest BCUT2D eigenvalue weighted by Gasteiger charge is 2.16. The van der Waals surface area contributed by atoms with Crippen LogP contribution in [0.4, 0.5) is 0 Å². The minimum atomic E-state index is -1.70. The van der Waals surface area contributed by atoms with E-state index in [0.717, 1.165) is 12.8 Å². The first-order valence-electron chi connectivity index (χ1n) is 4.06. The second kappa shape index (κ2) is 4.72. The maximum Gasteiger partial charge on any atom is 0.651 e. The van der Waals surface area contributed by atoms with Gasteiger partial charge in [0.1, 0.15) is 0 Å². The van der Waals surface area contributed by atoms with Crippen molar-refractivity contribution in [3.05, 3.63) is 0 Å². The van der Waals surface area contributed by atoms with Gasteiger partial charge in [-0.2, -0.15) is 0 Å². The Morgan fingerprint density at radius 1 is 1.18 bits per heavy atom. The molecule has 0 atom stereocenters. The fourth-order valence-corrected chi connectivity index (χ4v) is 1.38. The monoisotopic (exact) mass is 159 g/mol. The Bertz CT molecular complexity index is 106. The number of hydrogen-bond donors (Lipinski definition) is 3. The quantitative estimate of drug-likeness (QED) is 0.394. The summed E-state index contributed by atoms with van der Waals surface area (Å²) in [6, 6.07) is 0.297. The summed E-state index contributed by atoms with van der Waals surface area (Å²) in [6.07, 6.45) is 5.80. The summed E-state index contributed by atoms with van der Waals surface area (Å²) in [4.78, 5) is 0. The Hall–Kier alpha value is -0.0951. The van der Waals surface area contributed by atoms with Crippen LogP contribution in [0.3, 0.4) is 0 Å². The van der Waals surface area contributed by atoms with Crippen LogP contribution < -0.4 is 5.48 Å². The molecule has 0 aliphatic heterocycles. The zero-order valence-corrected chi connectivity index (χ0v) is 6.49. The maximum absolute atomic E-state index is 8.35. The van der Waals surface area contributed by atoms with Crippen LogP contribution in [-0.2, 0) is 4.76 Å². The van der Waals surface area contributed by atoms with E-state index in [1.54, 1.807) is 0 Å².